The van der Waals surface area contributed by atoms with Crippen LogP contribution in [-0.2, 0) is 0 Å². The van der Waals surface area contributed by atoms with Gasteiger partial charge in [0.05, 0.1) is 25.2 Å². The molecule has 0 spiro atoms. The predicted molar refractivity (Wildman–Crippen MR) is 103 cm³/mol. The van der Waals surface area contributed by atoms with Crippen LogP contribution in [0, 0.1) is 11.3 Å². The highest BCUT2D eigenvalue weighted by Gasteiger charge is 2.13. The van der Waals surface area contributed by atoms with Gasteiger partial charge in [-0.25, -0.2) is 9.97 Å². The molecular weight excluding hydrogens is 360 g/mol. The van der Waals surface area contributed by atoms with Crippen molar-refractivity contribution in [3.63, 3.8) is 0 Å². The lowest BCUT2D eigenvalue weighted by atomic mass is 9.95. The van der Waals surface area contributed by atoms with Gasteiger partial charge >= 0.3 is 0 Å². The van der Waals surface area contributed by atoms with E-state index in [1.165, 1.54) is 45.0 Å². The van der Waals surface area contributed by atoms with Crippen molar-refractivity contribution in [2.75, 3.05) is 12.4 Å². The second-order valence-corrected chi connectivity index (χ2v) is 6.13. The number of hydrogen-bond acceptors (Lipinski definition) is 8. The van der Waals surface area contributed by atoms with Gasteiger partial charge in [0.2, 0.25) is 0 Å². The Balaban J connectivity index is 0.000000391. The Morgan fingerprint density at radius 3 is 2.68 bits per heavy atom. The summed E-state index contributed by atoms with van der Waals surface area (Å²) in [7, 11) is 1.49. The SMILES string of the molecule is COc1cc[nH]c(=O)c1-c1cc(Nc2cnc(C#N)cn2)n[nH]1.NC1CCC1. The number of nitrogens with one attached hydrogen (secondary N) is 3. The molecule has 1 fully saturated rings. The third-order valence-electron chi connectivity index (χ3n) is 4.16. The number of nitrogens with two attached hydrogens (primary N) is 1. The zero-order valence-electron chi connectivity index (χ0n) is 15.3. The average molecular weight is 380 g/mol. The van der Waals surface area contributed by atoms with Crippen LogP contribution in [0.4, 0.5) is 11.6 Å². The van der Waals surface area contributed by atoms with Crippen molar-refractivity contribution in [3.05, 3.63) is 46.8 Å². The zero-order valence-corrected chi connectivity index (χ0v) is 15.3. The molecule has 0 aromatic carbocycles. The van der Waals surface area contributed by atoms with E-state index < -0.39 is 0 Å². The number of aromatic amines is 2. The molecule has 0 atom stereocenters. The molecule has 144 valence electrons. The molecule has 28 heavy (non-hydrogen) atoms. The Hall–Kier alpha value is -3.71. The predicted octanol–water partition coefficient (Wildman–Crippen LogP) is 1.68. The lowest BCUT2D eigenvalue weighted by Gasteiger charge is -2.18. The van der Waals surface area contributed by atoms with Crippen LogP contribution in [0.1, 0.15) is 25.0 Å². The Kier molecular flexibility index (Phi) is 5.98. The van der Waals surface area contributed by atoms with Gasteiger partial charge in [-0.15, -0.1) is 0 Å². The molecule has 0 unspecified atom stereocenters. The van der Waals surface area contributed by atoms with Crippen molar-refractivity contribution >= 4 is 11.6 Å². The Labute approximate surface area is 160 Å². The molecule has 10 heteroatoms. The number of H-pyrrole nitrogens is 2. The van der Waals surface area contributed by atoms with Gasteiger partial charge in [-0.2, -0.15) is 10.4 Å². The van der Waals surface area contributed by atoms with Gasteiger partial charge < -0.3 is 20.8 Å². The van der Waals surface area contributed by atoms with Crippen molar-refractivity contribution < 1.29 is 4.74 Å². The second kappa shape index (κ2) is 8.79. The van der Waals surface area contributed by atoms with Crippen LogP contribution in [0.3, 0.4) is 0 Å². The summed E-state index contributed by atoms with van der Waals surface area (Å²) < 4.78 is 5.19. The van der Waals surface area contributed by atoms with E-state index in [9.17, 15) is 4.79 Å². The highest BCUT2D eigenvalue weighted by Crippen LogP contribution is 2.26. The number of anilines is 2. The van der Waals surface area contributed by atoms with E-state index in [0.717, 1.165) is 0 Å². The summed E-state index contributed by atoms with van der Waals surface area (Å²) in [5.74, 6) is 1.31. The topological polar surface area (TPSA) is 158 Å². The van der Waals surface area contributed by atoms with Crippen molar-refractivity contribution in [2.45, 2.75) is 25.3 Å². The first-order chi connectivity index (χ1) is 13.6. The lowest BCUT2D eigenvalue weighted by Crippen LogP contribution is -2.27. The van der Waals surface area contributed by atoms with Crippen LogP contribution in [0.5, 0.6) is 5.75 Å². The van der Waals surface area contributed by atoms with Gasteiger partial charge in [0.15, 0.2) is 11.5 Å². The molecule has 3 aromatic rings. The molecule has 10 nitrogen and oxygen atoms in total. The largest absolute Gasteiger partial charge is 0.496 e. The molecule has 0 saturated heterocycles. The van der Waals surface area contributed by atoms with E-state index in [2.05, 4.69) is 30.5 Å². The van der Waals surface area contributed by atoms with E-state index in [0.29, 0.717) is 34.7 Å². The molecule has 3 heterocycles. The van der Waals surface area contributed by atoms with E-state index in [1.807, 2.05) is 6.07 Å². The minimum atomic E-state index is -0.294. The number of aromatic nitrogens is 5. The van der Waals surface area contributed by atoms with E-state index >= 15 is 0 Å². The molecule has 0 amide bonds. The van der Waals surface area contributed by atoms with Crippen molar-refractivity contribution in [2.24, 2.45) is 5.73 Å². The van der Waals surface area contributed by atoms with Gasteiger partial charge in [-0.1, -0.05) is 6.42 Å². The highest BCUT2D eigenvalue weighted by atomic mass is 16.5. The molecular formula is C18H20N8O2. The Morgan fingerprint density at radius 2 is 2.11 bits per heavy atom. The molecule has 4 rings (SSSR count). The smallest absolute Gasteiger partial charge is 0.261 e. The van der Waals surface area contributed by atoms with Crippen molar-refractivity contribution in [1.29, 1.82) is 5.26 Å². The van der Waals surface area contributed by atoms with Crippen LogP contribution in [0.15, 0.2) is 35.5 Å². The number of methoxy groups -OCH3 is 1. The van der Waals surface area contributed by atoms with Gasteiger partial charge in [-0.05, 0) is 18.9 Å². The number of hydrogen-bond donors (Lipinski definition) is 4. The zero-order chi connectivity index (χ0) is 19.9. The fraction of sp³-hybridized carbons (Fsp3) is 0.278. The number of pyridine rings is 1. The summed E-state index contributed by atoms with van der Waals surface area (Å²) in [6, 6.07) is 5.75. The number of nitriles is 1. The van der Waals surface area contributed by atoms with Gasteiger partial charge in [0, 0.05) is 18.3 Å². The fourth-order valence-corrected chi connectivity index (χ4v) is 2.42. The number of rotatable bonds is 4. The molecule has 0 bridgehead atoms. The molecule has 1 aliphatic rings. The Morgan fingerprint density at radius 1 is 1.32 bits per heavy atom. The van der Waals surface area contributed by atoms with Gasteiger partial charge in [-0.3, -0.25) is 9.89 Å². The summed E-state index contributed by atoms with van der Waals surface area (Å²) in [6.45, 7) is 0. The average Bonchev–Trinajstić information content (AvgIpc) is 3.15. The summed E-state index contributed by atoms with van der Waals surface area (Å²) in [5.41, 5.74) is 6.15. The number of nitrogens with zero attached hydrogens (tertiary/aromatic N) is 4. The fourth-order valence-electron chi connectivity index (χ4n) is 2.42. The first-order valence-corrected chi connectivity index (χ1v) is 8.67. The van der Waals surface area contributed by atoms with E-state index in [1.54, 1.807) is 12.1 Å². The van der Waals surface area contributed by atoms with Crippen LogP contribution in [-0.4, -0.2) is 38.3 Å². The summed E-state index contributed by atoms with van der Waals surface area (Å²) in [6.07, 6.45) is 8.16. The third-order valence-corrected chi connectivity index (χ3v) is 4.16. The monoisotopic (exact) mass is 380 g/mol. The second-order valence-electron chi connectivity index (χ2n) is 6.13. The first-order valence-electron chi connectivity index (χ1n) is 8.67. The van der Waals surface area contributed by atoms with Crippen molar-refractivity contribution in [1.82, 2.24) is 25.1 Å². The van der Waals surface area contributed by atoms with E-state index in [4.69, 9.17) is 15.7 Å². The molecule has 5 N–H and O–H groups in total. The molecule has 0 aliphatic heterocycles. The first kappa shape index (κ1) is 19.1. The quantitative estimate of drug-likeness (QED) is 0.532. The maximum atomic E-state index is 12.0. The van der Waals surface area contributed by atoms with Crippen LogP contribution >= 0.6 is 0 Å². The molecule has 1 saturated carbocycles. The highest BCUT2D eigenvalue weighted by molar-refractivity contribution is 5.69. The summed E-state index contributed by atoms with van der Waals surface area (Å²) in [5, 5.41) is 18.4. The normalized spacial score (nSPS) is 12.9. The van der Waals surface area contributed by atoms with Crippen molar-refractivity contribution in [3.8, 4) is 23.1 Å². The third kappa shape index (κ3) is 4.52. The summed E-state index contributed by atoms with van der Waals surface area (Å²) >= 11 is 0. The molecule has 0 radical (unpaired) electrons. The van der Waals surface area contributed by atoms with Gasteiger partial charge in [0.1, 0.15) is 23.2 Å². The van der Waals surface area contributed by atoms with Crippen LogP contribution < -0.4 is 21.3 Å². The maximum absolute atomic E-state index is 12.0. The molecule has 3 aromatic heterocycles. The van der Waals surface area contributed by atoms with Crippen LogP contribution in [0.25, 0.3) is 11.3 Å². The van der Waals surface area contributed by atoms with Crippen LogP contribution in [0.2, 0.25) is 0 Å². The minimum Gasteiger partial charge on any atom is -0.496 e. The number of ether oxygens (including phenoxy) is 1. The minimum absolute atomic E-state index is 0.221. The lowest BCUT2D eigenvalue weighted by molar-refractivity contribution is 0.415. The Bertz CT molecular complexity index is 1020. The molecule has 1 aliphatic carbocycles. The van der Waals surface area contributed by atoms with Gasteiger partial charge in [0.25, 0.3) is 5.56 Å². The van der Waals surface area contributed by atoms with E-state index in [-0.39, 0.29) is 11.3 Å². The standard InChI is InChI=1S/C14H11N7O2.C4H9N/c1-23-10-2-3-16-14(22)13(10)9-4-11(21-20-9)19-12-7-17-8(5-15)6-18-12;5-4-2-1-3-4/h2-4,6-7H,1H3,(H,16,22)(H2,18,19,20,21);4H,1-3,5H2. The summed E-state index contributed by atoms with van der Waals surface area (Å²) in [4.78, 5) is 22.5. The maximum Gasteiger partial charge on any atom is 0.261 e.